The number of hydrogen-bond acceptors (Lipinski definition) is 2. The lowest BCUT2D eigenvalue weighted by Crippen LogP contribution is -2.44. The Morgan fingerprint density at radius 2 is 1.78 bits per heavy atom. The average molecular weight is 252 g/mol. The van der Waals surface area contributed by atoms with Crippen molar-refractivity contribution in [2.75, 3.05) is 6.54 Å². The fourth-order valence-corrected chi connectivity index (χ4v) is 3.40. The van der Waals surface area contributed by atoms with Gasteiger partial charge >= 0.3 is 0 Å². The SMILES string of the molecule is CC1CCC(NCC(=O)NC2CCCCC2)C1C. The summed E-state index contributed by atoms with van der Waals surface area (Å²) in [5, 5.41) is 6.61. The number of nitrogens with one attached hydrogen (secondary N) is 2. The van der Waals surface area contributed by atoms with E-state index in [-0.39, 0.29) is 5.91 Å². The Bertz CT molecular complexity index is 274. The lowest BCUT2D eigenvalue weighted by molar-refractivity contribution is -0.121. The molecule has 0 aromatic rings. The Morgan fingerprint density at radius 1 is 1.06 bits per heavy atom. The monoisotopic (exact) mass is 252 g/mol. The third-order valence-corrected chi connectivity index (χ3v) is 4.96. The first kappa shape index (κ1) is 13.9. The van der Waals surface area contributed by atoms with E-state index in [9.17, 15) is 4.79 Å². The van der Waals surface area contributed by atoms with Crippen molar-refractivity contribution in [3.63, 3.8) is 0 Å². The highest BCUT2D eigenvalue weighted by molar-refractivity contribution is 5.78. The van der Waals surface area contributed by atoms with Gasteiger partial charge in [0.05, 0.1) is 6.54 Å². The molecule has 2 rings (SSSR count). The molecule has 2 fully saturated rings. The van der Waals surface area contributed by atoms with Gasteiger partial charge in [-0.15, -0.1) is 0 Å². The minimum Gasteiger partial charge on any atom is -0.352 e. The van der Waals surface area contributed by atoms with Crippen molar-refractivity contribution in [3.05, 3.63) is 0 Å². The summed E-state index contributed by atoms with van der Waals surface area (Å²) in [6.45, 7) is 5.11. The molecule has 104 valence electrons. The zero-order chi connectivity index (χ0) is 13.0. The molecule has 0 aromatic carbocycles. The van der Waals surface area contributed by atoms with E-state index < -0.39 is 0 Å². The van der Waals surface area contributed by atoms with E-state index >= 15 is 0 Å². The maximum Gasteiger partial charge on any atom is 0.234 e. The molecule has 0 bridgehead atoms. The van der Waals surface area contributed by atoms with Crippen LogP contribution in [0.5, 0.6) is 0 Å². The van der Waals surface area contributed by atoms with Gasteiger partial charge < -0.3 is 10.6 Å². The van der Waals surface area contributed by atoms with Crippen LogP contribution in [0.15, 0.2) is 0 Å². The topological polar surface area (TPSA) is 41.1 Å². The van der Waals surface area contributed by atoms with Gasteiger partial charge in [0.1, 0.15) is 0 Å². The molecule has 0 aromatic heterocycles. The van der Waals surface area contributed by atoms with E-state index in [2.05, 4.69) is 24.5 Å². The Balaban J connectivity index is 1.65. The van der Waals surface area contributed by atoms with Crippen molar-refractivity contribution in [2.24, 2.45) is 11.8 Å². The summed E-state index contributed by atoms with van der Waals surface area (Å²) in [5.41, 5.74) is 0. The van der Waals surface area contributed by atoms with Gasteiger partial charge in [0.2, 0.25) is 5.91 Å². The van der Waals surface area contributed by atoms with Gasteiger partial charge in [0.25, 0.3) is 0 Å². The second kappa shape index (κ2) is 6.55. The molecule has 3 atom stereocenters. The fraction of sp³-hybridized carbons (Fsp3) is 0.933. The first-order valence-electron chi connectivity index (χ1n) is 7.69. The predicted molar refractivity (Wildman–Crippen MR) is 74.4 cm³/mol. The van der Waals surface area contributed by atoms with Crippen LogP contribution in [-0.2, 0) is 4.79 Å². The van der Waals surface area contributed by atoms with E-state index in [1.807, 2.05) is 0 Å². The van der Waals surface area contributed by atoms with Gasteiger partial charge in [0, 0.05) is 12.1 Å². The van der Waals surface area contributed by atoms with E-state index in [4.69, 9.17) is 0 Å². The minimum atomic E-state index is 0.189. The summed E-state index contributed by atoms with van der Waals surface area (Å²) >= 11 is 0. The molecule has 0 heterocycles. The number of carbonyl (C=O) groups excluding carboxylic acids is 1. The van der Waals surface area contributed by atoms with Crippen LogP contribution in [0.25, 0.3) is 0 Å². The van der Waals surface area contributed by atoms with Crippen LogP contribution in [0.3, 0.4) is 0 Å². The minimum absolute atomic E-state index is 0.189. The van der Waals surface area contributed by atoms with Gasteiger partial charge in [-0.25, -0.2) is 0 Å². The fourth-order valence-electron chi connectivity index (χ4n) is 3.40. The average Bonchev–Trinajstić information content (AvgIpc) is 2.69. The molecule has 1 amide bonds. The molecule has 0 saturated heterocycles. The van der Waals surface area contributed by atoms with Crippen LogP contribution in [0.2, 0.25) is 0 Å². The lowest BCUT2D eigenvalue weighted by Gasteiger charge is -2.24. The summed E-state index contributed by atoms with van der Waals surface area (Å²) in [6.07, 6.45) is 8.74. The van der Waals surface area contributed by atoms with Crippen LogP contribution in [-0.4, -0.2) is 24.5 Å². The molecule has 0 aliphatic heterocycles. The molecule has 2 aliphatic carbocycles. The first-order valence-corrected chi connectivity index (χ1v) is 7.69. The van der Waals surface area contributed by atoms with Crippen LogP contribution in [0.4, 0.5) is 0 Å². The number of rotatable bonds is 4. The maximum atomic E-state index is 11.9. The van der Waals surface area contributed by atoms with Crippen LogP contribution < -0.4 is 10.6 Å². The Labute approximate surface area is 111 Å². The van der Waals surface area contributed by atoms with E-state index in [0.29, 0.717) is 24.5 Å². The smallest absolute Gasteiger partial charge is 0.234 e. The van der Waals surface area contributed by atoms with Crippen molar-refractivity contribution >= 4 is 5.91 Å². The highest BCUT2D eigenvalue weighted by Gasteiger charge is 2.29. The normalized spacial score (nSPS) is 33.6. The summed E-state index contributed by atoms with van der Waals surface area (Å²) in [4.78, 5) is 11.9. The van der Waals surface area contributed by atoms with Crippen molar-refractivity contribution < 1.29 is 4.79 Å². The molecule has 3 unspecified atom stereocenters. The zero-order valence-corrected chi connectivity index (χ0v) is 11.9. The van der Waals surface area contributed by atoms with Crippen molar-refractivity contribution in [1.82, 2.24) is 10.6 Å². The highest BCUT2D eigenvalue weighted by Crippen LogP contribution is 2.30. The molecule has 2 aliphatic rings. The number of amides is 1. The summed E-state index contributed by atoms with van der Waals surface area (Å²) in [7, 11) is 0. The molecule has 2 N–H and O–H groups in total. The zero-order valence-electron chi connectivity index (χ0n) is 11.9. The van der Waals surface area contributed by atoms with Crippen LogP contribution in [0, 0.1) is 11.8 Å². The summed E-state index contributed by atoms with van der Waals surface area (Å²) in [6, 6.07) is 0.977. The second-order valence-electron chi connectivity index (χ2n) is 6.30. The largest absolute Gasteiger partial charge is 0.352 e. The third-order valence-electron chi connectivity index (χ3n) is 4.96. The molecular formula is C15H28N2O. The molecule has 2 saturated carbocycles. The van der Waals surface area contributed by atoms with E-state index in [1.54, 1.807) is 0 Å². The van der Waals surface area contributed by atoms with Crippen molar-refractivity contribution in [2.45, 2.75) is 70.9 Å². The number of carbonyl (C=O) groups is 1. The molecule has 3 heteroatoms. The maximum absolute atomic E-state index is 11.9. The lowest BCUT2D eigenvalue weighted by atomic mass is 9.95. The first-order chi connectivity index (χ1) is 8.66. The summed E-state index contributed by atoms with van der Waals surface area (Å²) < 4.78 is 0. The highest BCUT2D eigenvalue weighted by atomic mass is 16.1. The van der Waals surface area contributed by atoms with Crippen molar-refractivity contribution in [3.8, 4) is 0 Å². The van der Waals surface area contributed by atoms with Gasteiger partial charge in [-0.2, -0.15) is 0 Å². The standard InChI is InChI=1S/C15H28N2O/c1-11-8-9-14(12(11)2)16-10-15(18)17-13-6-4-3-5-7-13/h11-14,16H,3-10H2,1-2H3,(H,17,18). The molecular weight excluding hydrogens is 224 g/mol. The van der Waals surface area contributed by atoms with Gasteiger partial charge in [-0.1, -0.05) is 33.1 Å². The van der Waals surface area contributed by atoms with Crippen molar-refractivity contribution in [1.29, 1.82) is 0 Å². The number of hydrogen-bond donors (Lipinski definition) is 2. The predicted octanol–water partition coefficient (Wildman–Crippen LogP) is 2.46. The Morgan fingerprint density at radius 3 is 2.39 bits per heavy atom. The molecule has 0 radical (unpaired) electrons. The Kier molecular flexibility index (Phi) is 5.04. The van der Waals surface area contributed by atoms with Crippen LogP contribution >= 0.6 is 0 Å². The molecule has 3 nitrogen and oxygen atoms in total. The molecule has 18 heavy (non-hydrogen) atoms. The Hall–Kier alpha value is -0.570. The third kappa shape index (κ3) is 3.71. The van der Waals surface area contributed by atoms with Crippen LogP contribution in [0.1, 0.15) is 58.8 Å². The van der Waals surface area contributed by atoms with E-state index in [1.165, 1.54) is 44.9 Å². The second-order valence-corrected chi connectivity index (χ2v) is 6.30. The molecule has 0 spiro atoms. The van der Waals surface area contributed by atoms with Gasteiger partial charge in [0.15, 0.2) is 0 Å². The van der Waals surface area contributed by atoms with E-state index in [0.717, 1.165) is 5.92 Å². The van der Waals surface area contributed by atoms with Gasteiger partial charge in [-0.3, -0.25) is 4.79 Å². The quantitative estimate of drug-likeness (QED) is 0.807. The summed E-state index contributed by atoms with van der Waals surface area (Å²) in [5.74, 6) is 1.69. The van der Waals surface area contributed by atoms with Gasteiger partial charge in [-0.05, 0) is 37.5 Å².